The van der Waals surface area contributed by atoms with Crippen LogP contribution in [0.2, 0.25) is 0 Å². The lowest BCUT2D eigenvalue weighted by Crippen LogP contribution is -2.31. The molecule has 0 aliphatic rings. The molecule has 0 saturated carbocycles. The van der Waals surface area contributed by atoms with E-state index in [0.29, 0.717) is 17.9 Å². The van der Waals surface area contributed by atoms with E-state index in [0.717, 1.165) is 17.0 Å². The summed E-state index contributed by atoms with van der Waals surface area (Å²) in [5, 5.41) is 14.8. The molecular weight excluding hydrogens is 350 g/mol. The van der Waals surface area contributed by atoms with Crippen molar-refractivity contribution in [2.24, 2.45) is 0 Å². The van der Waals surface area contributed by atoms with E-state index in [-0.39, 0.29) is 5.91 Å². The molecule has 0 spiro atoms. The maximum Gasteiger partial charge on any atom is 0.246 e. The van der Waals surface area contributed by atoms with Gasteiger partial charge in [-0.15, -0.1) is 0 Å². The van der Waals surface area contributed by atoms with Crippen molar-refractivity contribution < 1.29 is 9.53 Å². The van der Waals surface area contributed by atoms with E-state index in [9.17, 15) is 4.79 Å². The Bertz CT molecular complexity index is 946. The highest BCUT2D eigenvalue weighted by Gasteiger charge is 2.13. The van der Waals surface area contributed by atoms with Crippen LogP contribution in [0.5, 0.6) is 5.75 Å². The van der Waals surface area contributed by atoms with Crippen LogP contribution >= 0.6 is 0 Å². The first kappa shape index (κ1) is 19.0. The molecule has 0 unspecified atom stereocenters. The fraction of sp³-hybridized carbons (Fsp3) is 0.130. The van der Waals surface area contributed by atoms with E-state index in [1.807, 2.05) is 54.6 Å². The van der Waals surface area contributed by atoms with Crippen molar-refractivity contribution in [1.82, 2.24) is 0 Å². The second kappa shape index (κ2) is 9.24. The quantitative estimate of drug-likeness (QED) is 0.638. The van der Waals surface area contributed by atoms with E-state index >= 15 is 0 Å². The summed E-state index contributed by atoms with van der Waals surface area (Å²) in [6.07, 6.45) is 0. The van der Waals surface area contributed by atoms with Gasteiger partial charge < -0.3 is 15.4 Å². The van der Waals surface area contributed by atoms with Crippen molar-refractivity contribution >= 4 is 17.3 Å². The van der Waals surface area contributed by atoms with Crippen LogP contribution in [0, 0.1) is 11.3 Å². The highest BCUT2D eigenvalue weighted by atomic mass is 16.5. The minimum atomic E-state index is -0.424. The summed E-state index contributed by atoms with van der Waals surface area (Å²) in [7, 11) is 0. The molecule has 0 bridgehead atoms. The number of nitriles is 1. The van der Waals surface area contributed by atoms with Gasteiger partial charge in [-0.05, 0) is 61.0 Å². The van der Waals surface area contributed by atoms with Crippen molar-refractivity contribution in [3.8, 4) is 11.8 Å². The number of rotatable bonds is 7. The minimum Gasteiger partial charge on any atom is -0.489 e. The predicted molar refractivity (Wildman–Crippen MR) is 110 cm³/mol. The van der Waals surface area contributed by atoms with Crippen LogP contribution in [0.3, 0.4) is 0 Å². The average Bonchev–Trinajstić information content (AvgIpc) is 2.74. The number of hydrogen-bond acceptors (Lipinski definition) is 4. The molecule has 5 nitrogen and oxygen atoms in total. The number of anilines is 2. The highest BCUT2D eigenvalue weighted by Crippen LogP contribution is 2.18. The second-order valence-electron chi connectivity index (χ2n) is 6.34. The summed E-state index contributed by atoms with van der Waals surface area (Å²) in [6, 6.07) is 25.9. The summed E-state index contributed by atoms with van der Waals surface area (Å²) >= 11 is 0. The predicted octanol–water partition coefficient (Wildman–Crippen LogP) is 4.58. The summed E-state index contributed by atoms with van der Waals surface area (Å²) < 4.78 is 5.77. The van der Waals surface area contributed by atoms with Crippen LogP contribution in [0.4, 0.5) is 11.4 Å². The second-order valence-corrected chi connectivity index (χ2v) is 6.34. The zero-order valence-electron chi connectivity index (χ0n) is 15.6. The van der Waals surface area contributed by atoms with Crippen LogP contribution in [0.1, 0.15) is 18.1 Å². The molecule has 0 aliphatic heterocycles. The van der Waals surface area contributed by atoms with Crippen molar-refractivity contribution in [3.05, 3.63) is 90.0 Å². The Balaban J connectivity index is 1.51. The first-order chi connectivity index (χ1) is 13.6. The van der Waals surface area contributed by atoms with Gasteiger partial charge in [0.05, 0.1) is 11.6 Å². The SMILES string of the molecule is C[C@H](Nc1ccc(OCc2ccccc2)cc1)C(=O)Nc1ccc(C#N)cc1. The first-order valence-corrected chi connectivity index (χ1v) is 8.98. The lowest BCUT2D eigenvalue weighted by molar-refractivity contribution is -0.116. The Morgan fingerprint density at radius 2 is 1.61 bits per heavy atom. The summed E-state index contributed by atoms with van der Waals surface area (Å²) in [5.41, 5.74) is 3.15. The molecule has 1 atom stereocenters. The molecule has 0 fully saturated rings. The standard InChI is InChI=1S/C23H21N3O2/c1-17(23(27)26-21-9-7-18(15-24)8-10-21)25-20-11-13-22(14-12-20)28-16-19-5-3-2-4-6-19/h2-14,17,25H,16H2,1H3,(H,26,27)/t17-/m0/s1. The molecule has 0 aromatic heterocycles. The summed E-state index contributed by atoms with van der Waals surface area (Å²) in [5.74, 6) is 0.609. The van der Waals surface area contributed by atoms with E-state index in [4.69, 9.17) is 10.00 Å². The highest BCUT2D eigenvalue weighted by molar-refractivity contribution is 5.96. The van der Waals surface area contributed by atoms with Crippen molar-refractivity contribution in [2.45, 2.75) is 19.6 Å². The van der Waals surface area contributed by atoms with Gasteiger partial charge in [-0.25, -0.2) is 0 Å². The molecule has 5 heteroatoms. The van der Waals surface area contributed by atoms with Crippen LogP contribution in [0.15, 0.2) is 78.9 Å². The van der Waals surface area contributed by atoms with Gasteiger partial charge in [-0.3, -0.25) is 4.79 Å². The maximum absolute atomic E-state index is 12.3. The molecule has 0 aliphatic carbocycles. The number of benzene rings is 3. The lowest BCUT2D eigenvalue weighted by Gasteiger charge is -2.16. The number of carbonyl (C=O) groups excluding carboxylic acids is 1. The zero-order valence-corrected chi connectivity index (χ0v) is 15.6. The molecule has 28 heavy (non-hydrogen) atoms. The molecule has 2 N–H and O–H groups in total. The third kappa shape index (κ3) is 5.36. The van der Waals surface area contributed by atoms with Gasteiger partial charge >= 0.3 is 0 Å². The summed E-state index contributed by atoms with van der Waals surface area (Å²) in [6.45, 7) is 2.30. The number of hydrogen-bond donors (Lipinski definition) is 2. The fourth-order valence-electron chi connectivity index (χ4n) is 2.58. The van der Waals surface area contributed by atoms with Crippen molar-refractivity contribution in [3.63, 3.8) is 0 Å². The molecule has 1 amide bonds. The van der Waals surface area contributed by atoms with E-state index in [2.05, 4.69) is 16.7 Å². The van der Waals surface area contributed by atoms with Gasteiger partial charge in [0.1, 0.15) is 18.4 Å². The van der Waals surface area contributed by atoms with Gasteiger partial charge in [0.2, 0.25) is 5.91 Å². The molecular formula is C23H21N3O2. The van der Waals surface area contributed by atoms with Crippen LogP contribution in [-0.4, -0.2) is 11.9 Å². The van der Waals surface area contributed by atoms with Crippen LogP contribution in [0.25, 0.3) is 0 Å². The van der Waals surface area contributed by atoms with Gasteiger partial charge in [0.15, 0.2) is 0 Å². The average molecular weight is 371 g/mol. The lowest BCUT2D eigenvalue weighted by atomic mass is 10.2. The van der Waals surface area contributed by atoms with E-state index in [1.54, 1.807) is 31.2 Å². The van der Waals surface area contributed by atoms with E-state index < -0.39 is 6.04 Å². The number of amides is 1. The largest absolute Gasteiger partial charge is 0.489 e. The number of carbonyl (C=O) groups is 1. The molecule has 0 radical (unpaired) electrons. The monoisotopic (exact) mass is 371 g/mol. The topological polar surface area (TPSA) is 74.2 Å². The minimum absolute atomic E-state index is 0.158. The molecule has 3 aromatic rings. The third-order valence-corrected chi connectivity index (χ3v) is 4.16. The maximum atomic E-state index is 12.3. The third-order valence-electron chi connectivity index (χ3n) is 4.16. The number of nitrogens with one attached hydrogen (secondary N) is 2. The van der Waals surface area contributed by atoms with Gasteiger partial charge in [-0.2, -0.15) is 5.26 Å². The molecule has 3 aromatic carbocycles. The smallest absolute Gasteiger partial charge is 0.246 e. The normalized spacial score (nSPS) is 11.1. The van der Waals surface area contributed by atoms with Gasteiger partial charge in [0, 0.05) is 11.4 Å². The molecule has 0 saturated heterocycles. The Kier molecular flexibility index (Phi) is 6.27. The van der Waals surface area contributed by atoms with Crippen molar-refractivity contribution in [2.75, 3.05) is 10.6 Å². The number of ether oxygens (including phenoxy) is 1. The first-order valence-electron chi connectivity index (χ1n) is 8.98. The molecule has 3 rings (SSSR count). The Labute approximate surface area is 164 Å². The number of nitrogens with zero attached hydrogens (tertiary/aromatic N) is 1. The van der Waals surface area contributed by atoms with Crippen molar-refractivity contribution in [1.29, 1.82) is 5.26 Å². The van der Waals surface area contributed by atoms with Gasteiger partial charge in [0.25, 0.3) is 0 Å². The Morgan fingerprint density at radius 3 is 2.25 bits per heavy atom. The fourth-order valence-corrected chi connectivity index (χ4v) is 2.58. The van der Waals surface area contributed by atoms with Crippen LogP contribution < -0.4 is 15.4 Å². The molecule has 140 valence electrons. The van der Waals surface area contributed by atoms with Gasteiger partial charge in [-0.1, -0.05) is 30.3 Å². The Morgan fingerprint density at radius 1 is 0.964 bits per heavy atom. The Hall–Kier alpha value is -3.78. The van der Waals surface area contributed by atoms with E-state index in [1.165, 1.54) is 0 Å². The zero-order chi connectivity index (χ0) is 19.8. The molecule has 0 heterocycles. The van der Waals surface area contributed by atoms with Crippen LogP contribution in [-0.2, 0) is 11.4 Å². The summed E-state index contributed by atoms with van der Waals surface area (Å²) in [4.78, 5) is 12.3.